The van der Waals surface area contributed by atoms with Crippen molar-refractivity contribution in [2.75, 3.05) is 6.54 Å². The molecule has 0 atom stereocenters. The number of amides is 1. The molecule has 0 bridgehead atoms. The van der Waals surface area contributed by atoms with Crippen molar-refractivity contribution in [3.05, 3.63) is 12.2 Å². The molecule has 1 heterocycles. The van der Waals surface area contributed by atoms with Crippen LogP contribution < -0.4 is 5.32 Å². The minimum atomic E-state index is -0.261. The number of carbonyl (C=O) groups excluding carboxylic acids is 1. The maximum absolute atomic E-state index is 10.9. The van der Waals surface area contributed by atoms with Crippen molar-refractivity contribution in [2.45, 2.75) is 12.8 Å². The fourth-order valence-electron chi connectivity index (χ4n) is 0.946. The number of nitriles is 1. The molecule has 0 saturated carbocycles. The maximum atomic E-state index is 10.9. The van der Waals surface area contributed by atoms with E-state index >= 15 is 0 Å². The topological polar surface area (TPSA) is 83.6 Å². The Morgan fingerprint density at radius 1 is 1.79 bits per heavy atom. The van der Waals surface area contributed by atoms with Gasteiger partial charge >= 0.3 is 0 Å². The minimum Gasteiger partial charge on any atom is -0.355 e. The molecular formula is C8H11N5O. The zero-order chi connectivity index (χ0) is 10.4. The van der Waals surface area contributed by atoms with Crippen molar-refractivity contribution >= 4 is 5.91 Å². The standard InChI is InChI=1S/C8H11N5O/c1-13-6-11-7(12-13)3-5-10-8(14)2-4-9/h6H,2-3,5H2,1H3,(H,10,14). The zero-order valence-corrected chi connectivity index (χ0v) is 7.90. The highest BCUT2D eigenvalue weighted by atomic mass is 16.1. The SMILES string of the molecule is Cn1cnc(CCNC(=O)CC#N)n1. The molecule has 1 amide bonds. The van der Waals surface area contributed by atoms with E-state index in [0.29, 0.717) is 18.8 Å². The summed E-state index contributed by atoms with van der Waals surface area (Å²) in [6, 6.07) is 1.77. The Morgan fingerprint density at radius 3 is 3.14 bits per heavy atom. The van der Waals surface area contributed by atoms with Crippen LogP contribution in [0.3, 0.4) is 0 Å². The van der Waals surface area contributed by atoms with E-state index in [9.17, 15) is 4.79 Å². The highest BCUT2D eigenvalue weighted by Crippen LogP contribution is 1.88. The van der Waals surface area contributed by atoms with Gasteiger partial charge in [0.05, 0.1) is 6.07 Å². The summed E-state index contributed by atoms with van der Waals surface area (Å²) in [5.74, 6) is 0.424. The van der Waals surface area contributed by atoms with Gasteiger partial charge in [0.25, 0.3) is 0 Å². The van der Waals surface area contributed by atoms with Gasteiger partial charge in [-0.2, -0.15) is 10.4 Å². The predicted molar refractivity (Wildman–Crippen MR) is 47.9 cm³/mol. The van der Waals surface area contributed by atoms with Crippen molar-refractivity contribution in [3.8, 4) is 6.07 Å². The van der Waals surface area contributed by atoms with Gasteiger partial charge in [-0.25, -0.2) is 4.98 Å². The lowest BCUT2D eigenvalue weighted by Crippen LogP contribution is -2.25. The summed E-state index contributed by atoms with van der Waals surface area (Å²) >= 11 is 0. The van der Waals surface area contributed by atoms with E-state index in [1.54, 1.807) is 24.1 Å². The number of aromatic nitrogens is 3. The van der Waals surface area contributed by atoms with Gasteiger partial charge in [-0.15, -0.1) is 0 Å². The summed E-state index contributed by atoms with van der Waals surface area (Å²) in [6.07, 6.45) is 2.08. The number of carbonyl (C=O) groups is 1. The minimum absolute atomic E-state index is 0.102. The Morgan fingerprint density at radius 2 is 2.57 bits per heavy atom. The second kappa shape index (κ2) is 4.97. The molecule has 1 aromatic heterocycles. The van der Waals surface area contributed by atoms with Gasteiger partial charge in [-0.3, -0.25) is 9.48 Å². The first-order chi connectivity index (χ1) is 6.72. The number of nitrogens with zero attached hydrogens (tertiary/aromatic N) is 4. The van der Waals surface area contributed by atoms with Crippen LogP contribution in [0.4, 0.5) is 0 Å². The number of nitrogens with one attached hydrogen (secondary N) is 1. The lowest BCUT2D eigenvalue weighted by Gasteiger charge is -1.98. The first-order valence-corrected chi connectivity index (χ1v) is 4.20. The maximum Gasteiger partial charge on any atom is 0.234 e. The van der Waals surface area contributed by atoms with Gasteiger partial charge in [-0.05, 0) is 0 Å². The molecule has 6 nitrogen and oxygen atoms in total. The quantitative estimate of drug-likeness (QED) is 0.691. The second-order valence-corrected chi connectivity index (χ2v) is 2.77. The highest BCUT2D eigenvalue weighted by molar-refractivity contribution is 5.77. The van der Waals surface area contributed by atoms with Crippen LogP contribution in [0.15, 0.2) is 6.33 Å². The Hall–Kier alpha value is -1.90. The normalized spacial score (nSPS) is 9.43. The molecule has 0 saturated heterocycles. The van der Waals surface area contributed by atoms with Crippen LogP contribution in [-0.2, 0) is 18.3 Å². The van der Waals surface area contributed by atoms with E-state index in [0.717, 1.165) is 0 Å². The lowest BCUT2D eigenvalue weighted by molar-refractivity contribution is -0.120. The van der Waals surface area contributed by atoms with E-state index in [2.05, 4.69) is 15.4 Å². The number of hydrogen-bond acceptors (Lipinski definition) is 4. The summed E-state index contributed by atoms with van der Waals surface area (Å²) in [5, 5.41) is 14.9. The van der Waals surface area contributed by atoms with Crippen LogP contribution in [0.25, 0.3) is 0 Å². The summed E-state index contributed by atoms with van der Waals surface area (Å²) < 4.78 is 1.60. The molecule has 1 aromatic rings. The van der Waals surface area contributed by atoms with Gasteiger partial charge in [0, 0.05) is 20.0 Å². The summed E-state index contributed by atoms with van der Waals surface area (Å²) in [4.78, 5) is 14.9. The van der Waals surface area contributed by atoms with Crippen molar-refractivity contribution in [3.63, 3.8) is 0 Å². The zero-order valence-electron chi connectivity index (χ0n) is 7.90. The molecule has 14 heavy (non-hydrogen) atoms. The molecule has 6 heteroatoms. The van der Waals surface area contributed by atoms with Crippen molar-refractivity contribution in [1.82, 2.24) is 20.1 Å². The van der Waals surface area contributed by atoms with Gasteiger partial charge in [0.1, 0.15) is 12.7 Å². The Balaban J connectivity index is 2.22. The van der Waals surface area contributed by atoms with E-state index in [4.69, 9.17) is 5.26 Å². The van der Waals surface area contributed by atoms with Gasteiger partial charge < -0.3 is 5.32 Å². The van der Waals surface area contributed by atoms with Crippen LogP contribution >= 0.6 is 0 Å². The third kappa shape index (κ3) is 3.23. The monoisotopic (exact) mass is 193 g/mol. The first-order valence-electron chi connectivity index (χ1n) is 4.20. The Kier molecular flexibility index (Phi) is 3.61. The van der Waals surface area contributed by atoms with Crippen molar-refractivity contribution in [1.29, 1.82) is 5.26 Å². The smallest absolute Gasteiger partial charge is 0.234 e. The Bertz CT molecular complexity index is 351. The van der Waals surface area contributed by atoms with Crippen LogP contribution in [0, 0.1) is 11.3 Å². The molecule has 0 aromatic carbocycles. The molecule has 74 valence electrons. The second-order valence-electron chi connectivity index (χ2n) is 2.77. The van der Waals surface area contributed by atoms with Gasteiger partial charge in [0.15, 0.2) is 5.82 Å². The number of aryl methyl sites for hydroxylation is 1. The van der Waals surface area contributed by atoms with Crippen LogP contribution in [0.5, 0.6) is 0 Å². The fourth-order valence-corrected chi connectivity index (χ4v) is 0.946. The average molecular weight is 193 g/mol. The van der Waals surface area contributed by atoms with Crippen LogP contribution in [0.1, 0.15) is 12.2 Å². The lowest BCUT2D eigenvalue weighted by atomic mass is 10.4. The van der Waals surface area contributed by atoms with Gasteiger partial charge in [0.2, 0.25) is 5.91 Å². The first kappa shape index (κ1) is 10.2. The van der Waals surface area contributed by atoms with E-state index in [1.165, 1.54) is 0 Å². The molecular weight excluding hydrogens is 182 g/mol. The number of hydrogen-bond donors (Lipinski definition) is 1. The largest absolute Gasteiger partial charge is 0.355 e. The summed E-state index contributed by atoms with van der Waals surface area (Å²) in [7, 11) is 1.78. The molecule has 0 aliphatic carbocycles. The van der Waals surface area contributed by atoms with E-state index in [-0.39, 0.29) is 12.3 Å². The average Bonchev–Trinajstić information content (AvgIpc) is 2.52. The number of rotatable bonds is 4. The van der Waals surface area contributed by atoms with Gasteiger partial charge in [-0.1, -0.05) is 0 Å². The molecule has 0 radical (unpaired) electrons. The third-order valence-corrected chi connectivity index (χ3v) is 1.56. The molecule has 1 rings (SSSR count). The summed E-state index contributed by atoms with van der Waals surface area (Å²) in [6.45, 7) is 0.463. The summed E-state index contributed by atoms with van der Waals surface area (Å²) in [5.41, 5.74) is 0. The molecule has 0 fully saturated rings. The molecule has 0 aliphatic rings. The van der Waals surface area contributed by atoms with E-state index < -0.39 is 0 Å². The van der Waals surface area contributed by atoms with Crippen molar-refractivity contribution in [2.24, 2.45) is 7.05 Å². The molecule has 0 unspecified atom stereocenters. The molecule has 0 spiro atoms. The third-order valence-electron chi connectivity index (χ3n) is 1.56. The van der Waals surface area contributed by atoms with E-state index in [1.807, 2.05) is 0 Å². The van der Waals surface area contributed by atoms with Crippen LogP contribution in [-0.4, -0.2) is 27.2 Å². The predicted octanol–water partition coefficient (Wildman–Crippen LogP) is -0.613. The highest BCUT2D eigenvalue weighted by Gasteiger charge is 2.01. The Labute approximate surface area is 81.6 Å². The van der Waals surface area contributed by atoms with Crippen LogP contribution in [0.2, 0.25) is 0 Å². The van der Waals surface area contributed by atoms with Crippen molar-refractivity contribution < 1.29 is 4.79 Å². The fraction of sp³-hybridized carbons (Fsp3) is 0.500. The molecule has 1 N–H and O–H groups in total. The molecule has 0 aliphatic heterocycles.